The zero-order valence-electron chi connectivity index (χ0n) is 7.14. The second kappa shape index (κ2) is 4.49. The van der Waals surface area contributed by atoms with E-state index in [0.29, 0.717) is 12.5 Å². The lowest BCUT2D eigenvalue weighted by molar-refractivity contribution is 1.02. The van der Waals surface area contributed by atoms with Crippen molar-refractivity contribution >= 4 is 12.6 Å². The van der Waals surface area contributed by atoms with Gasteiger partial charge in [-0.1, -0.05) is 13.0 Å². The fourth-order valence-corrected chi connectivity index (χ4v) is 0.807. The molecule has 0 aromatic heterocycles. The van der Waals surface area contributed by atoms with E-state index < -0.39 is 0 Å². The second-order valence-corrected chi connectivity index (χ2v) is 2.70. The molecule has 1 rings (SSSR count). The van der Waals surface area contributed by atoms with Crippen LogP contribution in [0.15, 0.2) is 33.9 Å². The lowest BCUT2D eigenvalue weighted by Crippen LogP contribution is -1.98. The molecule has 64 valence electrons. The van der Waals surface area contributed by atoms with E-state index in [1.54, 1.807) is 6.34 Å². The highest BCUT2D eigenvalue weighted by atomic mass is 14.8. The number of rotatable bonds is 0. The van der Waals surface area contributed by atoms with Gasteiger partial charge >= 0.3 is 0 Å². The molecule has 0 saturated carbocycles. The molecule has 3 nitrogen and oxygen atoms in total. The summed E-state index contributed by atoms with van der Waals surface area (Å²) in [7, 11) is 0. The van der Waals surface area contributed by atoms with Crippen LogP contribution in [0.25, 0.3) is 0 Å². The van der Waals surface area contributed by atoms with Gasteiger partial charge in [0, 0.05) is 17.8 Å². The summed E-state index contributed by atoms with van der Waals surface area (Å²) in [5.41, 5.74) is 6.40. The van der Waals surface area contributed by atoms with Crippen molar-refractivity contribution in [2.75, 3.05) is 6.54 Å². The Morgan fingerprint density at radius 2 is 2.42 bits per heavy atom. The van der Waals surface area contributed by atoms with Gasteiger partial charge in [-0.25, -0.2) is 4.99 Å². The van der Waals surface area contributed by atoms with Crippen LogP contribution in [0.5, 0.6) is 0 Å². The van der Waals surface area contributed by atoms with Crippen molar-refractivity contribution < 1.29 is 0 Å². The smallest absolute Gasteiger partial charge is 0.109 e. The van der Waals surface area contributed by atoms with Gasteiger partial charge in [0.1, 0.15) is 6.34 Å². The van der Waals surface area contributed by atoms with Crippen molar-refractivity contribution in [2.45, 2.75) is 6.92 Å². The van der Waals surface area contributed by atoms with Crippen LogP contribution in [0.3, 0.4) is 0 Å². The molecule has 12 heavy (non-hydrogen) atoms. The number of hydrogen-bond acceptors (Lipinski definition) is 3. The van der Waals surface area contributed by atoms with E-state index in [9.17, 15) is 0 Å². The molecule has 0 bridgehead atoms. The third-order valence-electron chi connectivity index (χ3n) is 1.49. The van der Waals surface area contributed by atoms with Crippen LogP contribution in [0.2, 0.25) is 0 Å². The lowest BCUT2D eigenvalue weighted by atomic mass is 10.2. The van der Waals surface area contributed by atoms with E-state index in [1.807, 2.05) is 31.4 Å². The molecule has 0 saturated heterocycles. The van der Waals surface area contributed by atoms with Crippen LogP contribution in [0, 0.1) is 5.92 Å². The summed E-state index contributed by atoms with van der Waals surface area (Å²) in [4.78, 5) is 8.00. The highest BCUT2D eigenvalue weighted by molar-refractivity contribution is 5.74. The van der Waals surface area contributed by atoms with Gasteiger partial charge in [0.2, 0.25) is 0 Å². The number of nitrogens with two attached hydrogens (primary N) is 1. The Labute approximate surface area is 72.4 Å². The highest BCUT2D eigenvalue weighted by Gasteiger charge is 1.91. The molecule has 0 aliphatic carbocycles. The maximum Gasteiger partial charge on any atom is 0.109 e. The van der Waals surface area contributed by atoms with Gasteiger partial charge in [0.25, 0.3) is 0 Å². The van der Waals surface area contributed by atoms with Gasteiger partial charge in [-0.3, -0.25) is 4.99 Å². The van der Waals surface area contributed by atoms with Crippen LogP contribution in [-0.2, 0) is 0 Å². The Morgan fingerprint density at radius 1 is 1.58 bits per heavy atom. The average Bonchev–Trinajstić information content (AvgIpc) is 2.07. The standard InChI is InChI=1S/C9H13N3/c1-8-2-3-9(10)4-5-11-7-12-6-8/h2-4,6-8H,5,10H2,1H3/b3-2-,9-4+,11-7?,12-6?. The zero-order valence-corrected chi connectivity index (χ0v) is 7.14. The van der Waals surface area contributed by atoms with Crippen molar-refractivity contribution in [3.8, 4) is 0 Å². The summed E-state index contributed by atoms with van der Waals surface area (Å²) in [5.74, 6) is 0.307. The molecule has 1 heterocycles. The average molecular weight is 163 g/mol. The van der Waals surface area contributed by atoms with Crippen molar-refractivity contribution in [1.82, 2.24) is 0 Å². The molecule has 3 heteroatoms. The first-order chi connectivity index (χ1) is 5.79. The van der Waals surface area contributed by atoms with Crippen LogP contribution in [0.4, 0.5) is 0 Å². The number of nitrogens with zero attached hydrogens (tertiary/aromatic N) is 2. The molecule has 1 atom stereocenters. The molecule has 0 amide bonds. The molecule has 1 unspecified atom stereocenters. The fraction of sp³-hybridized carbons (Fsp3) is 0.333. The normalized spacial score (nSPS) is 30.8. The minimum absolute atomic E-state index is 0.307. The molecule has 0 fully saturated rings. The first kappa shape index (κ1) is 8.71. The second-order valence-electron chi connectivity index (χ2n) is 2.70. The topological polar surface area (TPSA) is 50.7 Å². The van der Waals surface area contributed by atoms with Crippen molar-refractivity contribution in [3.05, 3.63) is 23.9 Å². The maximum atomic E-state index is 5.64. The summed E-state index contributed by atoms with van der Waals surface area (Å²) in [6.45, 7) is 2.64. The van der Waals surface area contributed by atoms with Crippen LogP contribution < -0.4 is 5.73 Å². The minimum Gasteiger partial charge on any atom is -0.399 e. The Bertz CT molecular complexity index is 248. The SMILES string of the molecule is CC1C=NC=NC/C=C(N)\C=C/1. The summed E-state index contributed by atoms with van der Waals surface area (Å²) >= 11 is 0. The molecule has 1 aliphatic heterocycles. The van der Waals surface area contributed by atoms with Crippen molar-refractivity contribution in [2.24, 2.45) is 21.6 Å². The highest BCUT2D eigenvalue weighted by Crippen LogP contribution is 1.97. The Hall–Kier alpha value is -1.38. The quantitative estimate of drug-likeness (QED) is 0.572. The molecule has 0 spiro atoms. The van der Waals surface area contributed by atoms with Gasteiger partial charge in [0.15, 0.2) is 0 Å². The predicted octanol–water partition coefficient (Wildman–Crippen LogP) is 1.13. The van der Waals surface area contributed by atoms with Crippen LogP contribution in [-0.4, -0.2) is 19.1 Å². The van der Waals surface area contributed by atoms with E-state index in [2.05, 4.69) is 9.98 Å². The number of aliphatic imine (C=N–C) groups is 2. The number of allylic oxidation sites excluding steroid dienone is 2. The minimum atomic E-state index is 0.307. The molecule has 0 aromatic carbocycles. The van der Waals surface area contributed by atoms with E-state index in [0.717, 1.165) is 5.70 Å². The largest absolute Gasteiger partial charge is 0.399 e. The van der Waals surface area contributed by atoms with E-state index in [4.69, 9.17) is 5.73 Å². The Balaban J connectivity index is 2.73. The Morgan fingerprint density at radius 3 is 3.25 bits per heavy atom. The molecule has 1 aliphatic rings. The first-order valence-corrected chi connectivity index (χ1v) is 3.94. The van der Waals surface area contributed by atoms with E-state index in [-0.39, 0.29) is 0 Å². The van der Waals surface area contributed by atoms with Crippen LogP contribution in [0.1, 0.15) is 6.92 Å². The van der Waals surface area contributed by atoms with Gasteiger partial charge in [-0.15, -0.1) is 0 Å². The predicted molar refractivity (Wildman–Crippen MR) is 52.4 cm³/mol. The molecule has 0 aromatic rings. The summed E-state index contributed by atoms with van der Waals surface area (Å²) in [6.07, 6.45) is 9.14. The first-order valence-electron chi connectivity index (χ1n) is 3.94. The summed E-state index contributed by atoms with van der Waals surface area (Å²) < 4.78 is 0. The summed E-state index contributed by atoms with van der Waals surface area (Å²) in [5, 5.41) is 0. The molecular formula is C9H13N3. The lowest BCUT2D eigenvalue weighted by Gasteiger charge is -1.97. The van der Waals surface area contributed by atoms with Crippen LogP contribution >= 0.6 is 0 Å². The van der Waals surface area contributed by atoms with Gasteiger partial charge in [-0.2, -0.15) is 0 Å². The summed E-state index contributed by atoms with van der Waals surface area (Å²) in [6, 6.07) is 0. The van der Waals surface area contributed by atoms with Gasteiger partial charge in [0.05, 0.1) is 6.54 Å². The van der Waals surface area contributed by atoms with Crippen molar-refractivity contribution in [1.29, 1.82) is 0 Å². The maximum absolute atomic E-state index is 5.64. The van der Waals surface area contributed by atoms with Crippen molar-refractivity contribution in [3.63, 3.8) is 0 Å². The monoisotopic (exact) mass is 163 g/mol. The zero-order chi connectivity index (χ0) is 8.81. The van der Waals surface area contributed by atoms with E-state index in [1.165, 1.54) is 0 Å². The van der Waals surface area contributed by atoms with Gasteiger partial charge in [-0.05, 0) is 12.2 Å². The third kappa shape index (κ3) is 3.14. The fourth-order valence-electron chi connectivity index (χ4n) is 0.807. The van der Waals surface area contributed by atoms with Gasteiger partial charge < -0.3 is 5.73 Å². The Kier molecular flexibility index (Phi) is 3.26. The molecular weight excluding hydrogens is 150 g/mol. The number of hydrogen-bond donors (Lipinski definition) is 1. The molecule has 2 N–H and O–H groups in total. The molecule has 0 radical (unpaired) electrons. The third-order valence-corrected chi connectivity index (χ3v) is 1.49. The van der Waals surface area contributed by atoms with E-state index >= 15 is 0 Å².